The van der Waals surface area contributed by atoms with Crippen molar-refractivity contribution >= 4 is 27.3 Å². The largest absolute Gasteiger partial charge is 0.337 e. The molecule has 0 saturated carbocycles. The summed E-state index contributed by atoms with van der Waals surface area (Å²) in [7, 11) is -2.34. The summed E-state index contributed by atoms with van der Waals surface area (Å²) in [6.45, 7) is 1.98. The molecule has 0 unspecified atom stereocenters. The summed E-state index contributed by atoms with van der Waals surface area (Å²) in [5.74, 6) is -0.201. The number of nitrogens with one attached hydrogen (secondary N) is 1. The number of nitro benzene ring substituents is 1. The first-order valence-corrected chi connectivity index (χ1v) is 10.8. The van der Waals surface area contributed by atoms with Crippen LogP contribution in [0.4, 0.5) is 11.4 Å². The van der Waals surface area contributed by atoms with E-state index in [1.165, 1.54) is 43.3 Å². The number of hydrogen-bond acceptors (Lipinski definition) is 5. The maximum atomic E-state index is 12.6. The fourth-order valence-corrected chi connectivity index (χ4v) is 4.08. The molecule has 8 nitrogen and oxygen atoms in total. The minimum Gasteiger partial charge on any atom is -0.337 e. The van der Waals surface area contributed by atoms with Crippen LogP contribution in [0.15, 0.2) is 77.7 Å². The van der Waals surface area contributed by atoms with Gasteiger partial charge in [0.25, 0.3) is 21.6 Å². The normalized spacial score (nSPS) is 11.0. The van der Waals surface area contributed by atoms with Gasteiger partial charge in [0.2, 0.25) is 0 Å². The van der Waals surface area contributed by atoms with Crippen LogP contribution < -0.4 is 4.72 Å². The molecule has 3 aromatic rings. The lowest BCUT2D eigenvalue weighted by Gasteiger charge is -2.17. The number of nitro groups is 1. The molecule has 160 valence electrons. The zero-order valence-electron chi connectivity index (χ0n) is 17.0. The molecule has 0 fully saturated rings. The molecule has 0 saturated heterocycles. The summed E-state index contributed by atoms with van der Waals surface area (Å²) in [6, 6.07) is 19.3. The maximum Gasteiger partial charge on any atom is 0.273 e. The van der Waals surface area contributed by atoms with Gasteiger partial charge in [0, 0.05) is 36.5 Å². The summed E-state index contributed by atoms with van der Waals surface area (Å²) in [4.78, 5) is 24.4. The smallest absolute Gasteiger partial charge is 0.273 e. The van der Waals surface area contributed by atoms with Crippen molar-refractivity contribution in [2.45, 2.75) is 18.4 Å². The SMILES string of the molecule is Cc1ccc(S(=O)(=O)Nc2ccc(C(=O)N(C)Cc3ccccc3)cc2)cc1[N+](=O)[O-]. The van der Waals surface area contributed by atoms with Gasteiger partial charge in [0.1, 0.15) is 0 Å². The number of sulfonamides is 1. The Morgan fingerprint density at radius 1 is 1.03 bits per heavy atom. The predicted octanol–water partition coefficient (Wildman–Crippen LogP) is 3.98. The van der Waals surface area contributed by atoms with Gasteiger partial charge in [-0.05, 0) is 42.8 Å². The molecule has 0 bridgehead atoms. The third-order valence-electron chi connectivity index (χ3n) is 4.68. The van der Waals surface area contributed by atoms with E-state index in [-0.39, 0.29) is 22.2 Å². The van der Waals surface area contributed by atoms with E-state index in [1.54, 1.807) is 11.9 Å². The second-order valence-corrected chi connectivity index (χ2v) is 8.72. The third-order valence-corrected chi connectivity index (χ3v) is 6.06. The maximum absolute atomic E-state index is 12.6. The van der Waals surface area contributed by atoms with Crippen molar-refractivity contribution < 1.29 is 18.1 Å². The number of carbonyl (C=O) groups is 1. The molecule has 31 heavy (non-hydrogen) atoms. The van der Waals surface area contributed by atoms with Gasteiger partial charge in [-0.3, -0.25) is 19.6 Å². The van der Waals surface area contributed by atoms with Crippen LogP contribution >= 0.6 is 0 Å². The van der Waals surface area contributed by atoms with E-state index in [0.29, 0.717) is 17.7 Å². The van der Waals surface area contributed by atoms with Crippen LogP contribution in [-0.4, -0.2) is 31.2 Å². The van der Waals surface area contributed by atoms with Crippen molar-refractivity contribution in [1.29, 1.82) is 0 Å². The summed E-state index contributed by atoms with van der Waals surface area (Å²) < 4.78 is 27.6. The van der Waals surface area contributed by atoms with Gasteiger partial charge < -0.3 is 4.90 Å². The van der Waals surface area contributed by atoms with Crippen LogP contribution in [0, 0.1) is 17.0 Å². The number of nitrogens with zero attached hydrogens (tertiary/aromatic N) is 2. The Hall–Kier alpha value is -3.72. The van der Waals surface area contributed by atoms with Gasteiger partial charge in [-0.25, -0.2) is 8.42 Å². The molecular formula is C22H21N3O5S. The van der Waals surface area contributed by atoms with Gasteiger partial charge in [-0.15, -0.1) is 0 Å². The molecule has 3 rings (SSSR count). The van der Waals surface area contributed by atoms with E-state index in [9.17, 15) is 23.3 Å². The number of carbonyl (C=O) groups excluding carboxylic acids is 1. The topological polar surface area (TPSA) is 110 Å². The number of rotatable bonds is 7. The van der Waals surface area contributed by atoms with E-state index >= 15 is 0 Å². The first kappa shape index (κ1) is 22.0. The summed E-state index contributed by atoms with van der Waals surface area (Å²) in [5.41, 5.74) is 1.74. The Bertz CT molecular complexity index is 1210. The first-order chi connectivity index (χ1) is 14.7. The molecule has 0 aliphatic heterocycles. The summed E-state index contributed by atoms with van der Waals surface area (Å²) >= 11 is 0. The van der Waals surface area contributed by atoms with Gasteiger partial charge in [-0.1, -0.05) is 36.4 Å². The Morgan fingerprint density at radius 3 is 2.29 bits per heavy atom. The average molecular weight is 439 g/mol. The molecule has 0 spiro atoms. The van der Waals surface area contributed by atoms with Crippen LogP contribution in [0.25, 0.3) is 0 Å². The van der Waals surface area contributed by atoms with Gasteiger partial charge in [0.15, 0.2) is 0 Å². The summed E-state index contributed by atoms with van der Waals surface area (Å²) in [5, 5.41) is 11.1. The molecule has 0 aliphatic carbocycles. The molecule has 1 N–H and O–H groups in total. The number of benzene rings is 3. The lowest BCUT2D eigenvalue weighted by Crippen LogP contribution is -2.26. The lowest BCUT2D eigenvalue weighted by molar-refractivity contribution is -0.385. The standard InChI is InChI=1S/C22H21N3O5S/c1-16-8-13-20(14-21(16)25(27)28)31(29,30)23-19-11-9-18(10-12-19)22(26)24(2)15-17-6-4-3-5-7-17/h3-14,23H,15H2,1-2H3. The minimum atomic E-state index is -4.03. The van der Waals surface area contributed by atoms with Crippen LogP contribution in [0.3, 0.4) is 0 Å². The van der Waals surface area contributed by atoms with Crippen LogP contribution in [0.2, 0.25) is 0 Å². The van der Waals surface area contributed by atoms with Crippen LogP contribution in [-0.2, 0) is 16.6 Å². The minimum absolute atomic E-state index is 0.201. The zero-order valence-corrected chi connectivity index (χ0v) is 17.8. The molecule has 0 atom stereocenters. The molecule has 1 amide bonds. The van der Waals surface area contributed by atoms with Crippen molar-refractivity contribution in [2.24, 2.45) is 0 Å². The highest BCUT2D eigenvalue weighted by Gasteiger charge is 2.20. The highest BCUT2D eigenvalue weighted by atomic mass is 32.2. The summed E-state index contributed by atoms with van der Waals surface area (Å²) in [6.07, 6.45) is 0. The Balaban J connectivity index is 1.73. The quantitative estimate of drug-likeness (QED) is 0.442. The highest BCUT2D eigenvalue weighted by molar-refractivity contribution is 7.92. The van der Waals surface area contributed by atoms with E-state index in [2.05, 4.69) is 4.72 Å². The van der Waals surface area contributed by atoms with E-state index in [1.807, 2.05) is 30.3 Å². The zero-order chi connectivity index (χ0) is 22.6. The number of amides is 1. The number of hydrogen-bond donors (Lipinski definition) is 1. The van der Waals surface area contributed by atoms with Crippen LogP contribution in [0.5, 0.6) is 0 Å². The fourth-order valence-electron chi connectivity index (χ4n) is 3.00. The van der Waals surface area contributed by atoms with E-state index in [0.717, 1.165) is 11.6 Å². The monoisotopic (exact) mass is 439 g/mol. The molecule has 9 heteroatoms. The Kier molecular flexibility index (Phi) is 6.36. The van der Waals surface area contributed by atoms with Crippen molar-refractivity contribution in [3.05, 3.63) is 99.6 Å². The highest BCUT2D eigenvalue weighted by Crippen LogP contribution is 2.24. The molecule has 0 radical (unpaired) electrons. The second-order valence-electron chi connectivity index (χ2n) is 7.04. The number of anilines is 1. The van der Waals surface area contributed by atoms with Gasteiger partial charge in [0.05, 0.1) is 9.82 Å². The van der Waals surface area contributed by atoms with Crippen molar-refractivity contribution in [3.8, 4) is 0 Å². The predicted molar refractivity (Wildman–Crippen MR) is 117 cm³/mol. The molecule has 0 aromatic heterocycles. The Morgan fingerprint density at radius 2 is 1.68 bits per heavy atom. The van der Waals surface area contributed by atoms with Crippen molar-refractivity contribution in [2.75, 3.05) is 11.8 Å². The lowest BCUT2D eigenvalue weighted by atomic mass is 10.1. The third kappa shape index (κ3) is 5.26. The van der Waals surface area contributed by atoms with Gasteiger partial charge in [-0.2, -0.15) is 0 Å². The van der Waals surface area contributed by atoms with Crippen LogP contribution in [0.1, 0.15) is 21.5 Å². The van der Waals surface area contributed by atoms with E-state index in [4.69, 9.17) is 0 Å². The number of aryl methyl sites for hydroxylation is 1. The Labute approximate surface area is 180 Å². The van der Waals surface area contributed by atoms with Crippen molar-refractivity contribution in [3.63, 3.8) is 0 Å². The van der Waals surface area contributed by atoms with Crippen molar-refractivity contribution in [1.82, 2.24) is 4.90 Å². The second kappa shape index (κ2) is 8.97. The molecule has 0 heterocycles. The van der Waals surface area contributed by atoms with Gasteiger partial charge >= 0.3 is 0 Å². The fraction of sp³-hybridized carbons (Fsp3) is 0.136. The molecule has 0 aliphatic rings. The molecule has 3 aromatic carbocycles. The molecular weight excluding hydrogens is 418 g/mol. The first-order valence-electron chi connectivity index (χ1n) is 9.35. The average Bonchev–Trinajstić information content (AvgIpc) is 2.74. The van der Waals surface area contributed by atoms with E-state index < -0.39 is 14.9 Å².